The molecule has 2 amide bonds. The molecule has 1 N–H and O–H groups in total. The third kappa shape index (κ3) is 5.07. The number of carbonyl (C=O) groups is 2. The lowest BCUT2D eigenvalue weighted by Crippen LogP contribution is -2.37. The first-order chi connectivity index (χ1) is 16.9. The van der Waals surface area contributed by atoms with Gasteiger partial charge in [-0.15, -0.1) is 0 Å². The minimum absolute atomic E-state index is 0.0316. The fourth-order valence-electron chi connectivity index (χ4n) is 4.78. The van der Waals surface area contributed by atoms with E-state index in [0.717, 1.165) is 37.9 Å². The topological polar surface area (TPSA) is 105 Å². The number of sulfonamides is 1. The molecule has 2 aromatic rings. The molecule has 9 nitrogen and oxygen atoms in total. The third-order valence-electron chi connectivity index (χ3n) is 6.61. The quantitative estimate of drug-likeness (QED) is 0.655. The summed E-state index contributed by atoms with van der Waals surface area (Å²) in [7, 11) is -3.83. The number of likely N-dealkylation sites (tertiary alicyclic amines) is 1. The van der Waals surface area contributed by atoms with E-state index in [9.17, 15) is 18.0 Å². The number of hydrogen-bond acceptors (Lipinski definition) is 6. The molecular weight excluding hydrogens is 470 g/mol. The highest BCUT2D eigenvalue weighted by Crippen LogP contribution is 2.34. The fraction of sp³-hybridized carbons (Fsp3) is 0.440. The average Bonchev–Trinajstić information content (AvgIpc) is 3.31. The van der Waals surface area contributed by atoms with Gasteiger partial charge in [-0.3, -0.25) is 14.3 Å². The largest absolute Gasteiger partial charge is 0.486 e. The minimum atomic E-state index is -3.83. The lowest BCUT2D eigenvalue weighted by atomic mass is 10.1. The van der Waals surface area contributed by atoms with Gasteiger partial charge in [-0.2, -0.15) is 0 Å². The van der Waals surface area contributed by atoms with Gasteiger partial charge >= 0.3 is 0 Å². The molecule has 186 valence electrons. The van der Waals surface area contributed by atoms with Crippen LogP contribution in [0.15, 0.2) is 41.3 Å². The third-order valence-corrected chi connectivity index (χ3v) is 7.99. The van der Waals surface area contributed by atoms with Gasteiger partial charge in [0.1, 0.15) is 13.2 Å². The van der Waals surface area contributed by atoms with Crippen LogP contribution >= 0.6 is 0 Å². The van der Waals surface area contributed by atoms with Gasteiger partial charge in [0.05, 0.1) is 10.6 Å². The van der Waals surface area contributed by atoms with Gasteiger partial charge < -0.3 is 19.3 Å². The van der Waals surface area contributed by atoms with Crippen LogP contribution in [0.25, 0.3) is 0 Å². The number of piperidine rings is 1. The highest BCUT2D eigenvalue weighted by atomic mass is 32.2. The van der Waals surface area contributed by atoms with Crippen LogP contribution in [0, 0.1) is 0 Å². The van der Waals surface area contributed by atoms with Gasteiger partial charge in [-0.1, -0.05) is 0 Å². The molecule has 0 aliphatic carbocycles. The molecule has 1 fully saturated rings. The number of benzene rings is 2. The molecule has 3 aliphatic heterocycles. The van der Waals surface area contributed by atoms with E-state index in [0.29, 0.717) is 49.1 Å². The van der Waals surface area contributed by atoms with E-state index in [4.69, 9.17) is 9.47 Å². The summed E-state index contributed by atoms with van der Waals surface area (Å²) in [6.07, 6.45) is 4.12. The molecule has 0 saturated carbocycles. The summed E-state index contributed by atoms with van der Waals surface area (Å²) >= 11 is 0. The maximum absolute atomic E-state index is 13.0. The molecule has 2 aromatic carbocycles. The van der Waals surface area contributed by atoms with Crippen molar-refractivity contribution in [2.24, 2.45) is 0 Å². The first-order valence-electron chi connectivity index (χ1n) is 12.0. The Hall–Kier alpha value is -3.27. The smallest absolute Gasteiger partial charge is 0.261 e. The summed E-state index contributed by atoms with van der Waals surface area (Å²) in [5.74, 6) is 1.00. The van der Waals surface area contributed by atoms with Crippen molar-refractivity contribution in [3.8, 4) is 11.5 Å². The van der Waals surface area contributed by atoms with Gasteiger partial charge in [0, 0.05) is 44.2 Å². The molecule has 0 spiro atoms. The number of nitrogens with one attached hydrogen (secondary N) is 1. The van der Waals surface area contributed by atoms with E-state index < -0.39 is 10.0 Å². The zero-order valence-corrected chi connectivity index (χ0v) is 20.3. The Labute approximate surface area is 205 Å². The van der Waals surface area contributed by atoms with Gasteiger partial charge in [-0.05, 0) is 61.6 Å². The van der Waals surface area contributed by atoms with E-state index in [1.807, 2.05) is 4.90 Å². The van der Waals surface area contributed by atoms with E-state index in [1.54, 1.807) is 35.2 Å². The molecule has 0 atom stereocenters. The highest BCUT2D eigenvalue weighted by Gasteiger charge is 2.28. The maximum atomic E-state index is 13.0. The zero-order valence-electron chi connectivity index (χ0n) is 19.5. The van der Waals surface area contributed by atoms with Crippen LogP contribution in [-0.2, 0) is 26.0 Å². The summed E-state index contributed by atoms with van der Waals surface area (Å²) in [6.45, 7) is 2.90. The number of anilines is 2. The zero-order chi connectivity index (χ0) is 24.4. The van der Waals surface area contributed by atoms with Crippen LogP contribution in [-0.4, -0.2) is 58.0 Å². The fourth-order valence-corrected chi connectivity index (χ4v) is 5.88. The monoisotopic (exact) mass is 499 g/mol. The van der Waals surface area contributed by atoms with E-state index >= 15 is 0 Å². The van der Waals surface area contributed by atoms with Crippen molar-refractivity contribution in [2.45, 2.75) is 43.4 Å². The van der Waals surface area contributed by atoms with Crippen LogP contribution in [0.5, 0.6) is 11.5 Å². The van der Waals surface area contributed by atoms with Crippen LogP contribution in [0.2, 0.25) is 0 Å². The molecule has 3 aliphatic rings. The number of ether oxygens (including phenoxy) is 2. The second-order valence-corrected chi connectivity index (χ2v) is 10.7. The van der Waals surface area contributed by atoms with Crippen LogP contribution in [0.3, 0.4) is 0 Å². The van der Waals surface area contributed by atoms with Crippen molar-refractivity contribution < 1.29 is 27.5 Å². The Morgan fingerprint density at radius 2 is 1.60 bits per heavy atom. The van der Waals surface area contributed by atoms with Gasteiger partial charge in [0.15, 0.2) is 11.5 Å². The molecular formula is C25H29N3O6S. The number of nitrogens with zero attached hydrogens (tertiary/aromatic N) is 2. The molecule has 0 radical (unpaired) electrons. The number of fused-ring (bicyclic) bond motifs is 2. The number of hydrogen-bond donors (Lipinski definition) is 1. The van der Waals surface area contributed by atoms with E-state index in [1.165, 1.54) is 6.07 Å². The Kier molecular flexibility index (Phi) is 6.55. The lowest BCUT2D eigenvalue weighted by molar-refractivity contribution is -0.133. The molecule has 10 heteroatoms. The van der Waals surface area contributed by atoms with Crippen molar-refractivity contribution in [2.75, 3.05) is 42.5 Å². The molecule has 3 heterocycles. The van der Waals surface area contributed by atoms with Crippen molar-refractivity contribution in [1.82, 2.24) is 4.90 Å². The summed E-state index contributed by atoms with van der Waals surface area (Å²) in [5, 5.41) is 0. The number of carbonyl (C=O) groups excluding carboxylic acids is 2. The predicted octanol–water partition coefficient (Wildman–Crippen LogP) is 2.94. The number of rotatable bonds is 6. The summed E-state index contributed by atoms with van der Waals surface area (Å²) in [4.78, 5) is 28.9. The predicted molar refractivity (Wildman–Crippen MR) is 130 cm³/mol. The Morgan fingerprint density at radius 3 is 2.40 bits per heavy atom. The van der Waals surface area contributed by atoms with Crippen molar-refractivity contribution >= 4 is 33.2 Å². The van der Waals surface area contributed by atoms with Gasteiger partial charge in [0.25, 0.3) is 10.0 Å². The minimum Gasteiger partial charge on any atom is -0.486 e. The number of amides is 2. The Bertz CT molecular complexity index is 1240. The van der Waals surface area contributed by atoms with Crippen molar-refractivity contribution in [1.29, 1.82) is 0 Å². The maximum Gasteiger partial charge on any atom is 0.261 e. The second-order valence-electron chi connectivity index (χ2n) is 8.99. The molecule has 0 aromatic heterocycles. The van der Waals surface area contributed by atoms with Crippen LogP contribution in [0.1, 0.15) is 37.7 Å². The molecule has 5 rings (SSSR count). The Balaban J connectivity index is 1.24. The van der Waals surface area contributed by atoms with E-state index in [2.05, 4.69) is 4.72 Å². The van der Waals surface area contributed by atoms with Crippen molar-refractivity contribution in [3.63, 3.8) is 0 Å². The van der Waals surface area contributed by atoms with Crippen molar-refractivity contribution in [3.05, 3.63) is 42.0 Å². The SMILES string of the molecule is O=C(CCC(=O)N1CCc2cc(S(=O)(=O)Nc3ccc4c(c3)OCCO4)ccc21)N1CCCCC1. The Morgan fingerprint density at radius 1 is 0.857 bits per heavy atom. The first kappa shape index (κ1) is 23.5. The van der Waals surface area contributed by atoms with Crippen LogP contribution in [0.4, 0.5) is 11.4 Å². The lowest BCUT2D eigenvalue weighted by Gasteiger charge is -2.27. The van der Waals surface area contributed by atoms with Crippen LogP contribution < -0.4 is 19.1 Å². The molecule has 0 unspecified atom stereocenters. The average molecular weight is 500 g/mol. The summed E-state index contributed by atoms with van der Waals surface area (Å²) in [6, 6.07) is 9.69. The standard InChI is InChI=1S/C25H29N3O6S/c29-24(27-11-2-1-3-12-27)8-9-25(30)28-13-10-18-16-20(5-6-21(18)28)35(31,32)26-19-4-7-22-23(17-19)34-15-14-33-22/h4-7,16-17,26H,1-3,8-15H2. The van der Waals surface area contributed by atoms with E-state index in [-0.39, 0.29) is 29.6 Å². The molecule has 35 heavy (non-hydrogen) atoms. The second kappa shape index (κ2) is 9.77. The highest BCUT2D eigenvalue weighted by molar-refractivity contribution is 7.92. The molecule has 0 bridgehead atoms. The normalized spacial score (nSPS) is 17.1. The molecule has 1 saturated heterocycles. The summed E-state index contributed by atoms with van der Waals surface area (Å²) < 4.78 is 39.6. The van der Waals surface area contributed by atoms with Gasteiger partial charge in [0.2, 0.25) is 11.8 Å². The van der Waals surface area contributed by atoms with Gasteiger partial charge in [-0.25, -0.2) is 8.42 Å². The summed E-state index contributed by atoms with van der Waals surface area (Å²) in [5.41, 5.74) is 1.88. The first-order valence-corrected chi connectivity index (χ1v) is 13.5.